The minimum atomic E-state index is -4.67. The van der Waals surface area contributed by atoms with Crippen LogP contribution in [0.1, 0.15) is 30.3 Å². The highest BCUT2D eigenvalue weighted by Crippen LogP contribution is 2.28. The van der Waals surface area contributed by atoms with Gasteiger partial charge in [0.1, 0.15) is 0 Å². The van der Waals surface area contributed by atoms with Crippen LogP contribution in [0.3, 0.4) is 0 Å². The van der Waals surface area contributed by atoms with Crippen molar-refractivity contribution >= 4 is 5.91 Å². The summed E-state index contributed by atoms with van der Waals surface area (Å²) in [5.41, 5.74) is 0.377. The first-order valence-corrected chi connectivity index (χ1v) is 9.51. The fourth-order valence-corrected chi connectivity index (χ4v) is 3.51. The molecule has 1 aromatic carbocycles. The predicted octanol–water partition coefficient (Wildman–Crippen LogP) is 1.60. The van der Waals surface area contributed by atoms with Crippen molar-refractivity contribution in [2.45, 2.75) is 31.5 Å². The average Bonchev–Trinajstić information content (AvgIpc) is 2.99. The van der Waals surface area contributed by atoms with Gasteiger partial charge >= 0.3 is 11.9 Å². The summed E-state index contributed by atoms with van der Waals surface area (Å²) < 4.78 is 40.3. The van der Waals surface area contributed by atoms with Crippen LogP contribution in [-0.2, 0) is 24.4 Å². The molecular formula is C19H24F3N5O2. The topological polar surface area (TPSA) is 72.2 Å². The third kappa shape index (κ3) is 5.26. The summed E-state index contributed by atoms with van der Waals surface area (Å²) in [5, 5.41) is 6.39. The molecule has 10 heteroatoms. The number of alkyl halides is 3. The van der Waals surface area contributed by atoms with Gasteiger partial charge in [0, 0.05) is 26.7 Å². The average molecular weight is 411 g/mol. The third-order valence-electron chi connectivity index (χ3n) is 5.11. The van der Waals surface area contributed by atoms with E-state index >= 15 is 0 Å². The number of hydrogen-bond acceptors (Lipinski definition) is 4. The zero-order chi connectivity index (χ0) is 21.0. The first-order valence-electron chi connectivity index (χ1n) is 9.51. The van der Waals surface area contributed by atoms with Crippen LogP contribution in [0, 0.1) is 0 Å². The number of piperidine rings is 1. The normalized spacial score (nSPS) is 16.1. The van der Waals surface area contributed by atoms with Crippen molar-refractivity contribution < 1.29 is 18.0 Å². The van der Waals surface area contributed by atoms with Gasteiger partial charge in [-0.25, -0.2) is 9.48 Å². The van der Waals surface area contributed by atoms with E-state index in [0.29, 0.717) is 37.0 Å². The maximum Gasteiger partial charge on any atom is 0.451 e. The number of aromatic nitrogens is 3. The van der Waals surface area contributed by atoms with E-state index in [9.17, 15) is 22.8 Å². The molecule has 0 aliphatic carbocycles. The van der Waals surface area contributed by atoms with Crippen LogP contribution in [0.2, 0.25) is 0 Å². The van der Waals surface area contributed by atoms with Gasteiger partial charge in [0.15, 0.2) is 0 Å². The summed E-state index contributed by atoms with van der Waals surface area (Å²) in [6.45, 7) is 1.80. The minimum Gasteiger partial charge on any atom is -0.355 e. The first kappa shape index (κ1) is 21.1. The Kier molecular flexibility index (Phi) is 6.41. The Hall–Kier alpha value is -2.62. The van der Waals surface area contributed by atoms with Gasteiger partial charge in [-0.15, -0.1) is 5.10 Å². The van der Waals surface area contributed by atoms with E-state index in [0.717, 1.165) is 23.7 Å². The fraction of sp³-hybridized carbons (Fsp3) is 0.526. The van der Waals surface area contributed by atoms with Crippen LogP contribution in [-0.4, -0.2) is 51.3 Å². The standard InChI is InChI=1S/C19H24F3N5O2/c1-25-17(19(20,21)22)24-27(18(25)29)15-8-11-26(12-9-15)13-16(28)23-10-7-14-5-3-2-4-6-14/h2-6,15H,7-13H2,1H3,(H,23,28). The number of amides is 1. The number of carbonyl (C=O) groups excluding carboxylic acids is 1. The number of nitrogens with zero attached hydrogens (tertiary/aromatic N) is 4. The summed E-state index contributed by atoms with van der Waals surface area (Å²) in [4.78, 5) is 26.2. The Balaban J connectivity index is 1.47. The molecule has 1 amide bonds. The predicted molar refractivity (Wildman–Crippen MR) is 100 cm³/mol. The number of likely N-dealkylation sites (tertiary alicyclic amines) is 1. The van der Waals surface area contributed by atoms with E-state index in [4.69, 9.17) is 0 Å². The monoisotopic (exact) mass is 411 g/mol. The number of halogens is 3. The van der Waals surface area contributed by atoms with Crippen LogP contribution >= 0.6 is 0 Å². The van der Waals surface area contributed by atoms with Gasteiger partial charge in [0.2, 0.25) is 11.7 Å². The molecule has 3 rings (SSSR count). The summed E-state index contributed by atoms with van der Waals surface area (Å²) in [7, 11) is 1.07. The van der Waals surface area contributed by atoms with E-state index in [1.165, 1.54) is 0 Å². The number of benzene rings is 1. The molecule has 0 saturated carbocycles. The highest BCUT2D eigenvalue weighted by atomic mass is 19.4. The Labute approximate surface area is 166 Å². The molecule has 29 heavy (non-hydrogen) atoms. The molecule has 0 bridgehead atoms. The molecule has 1 aromatic heterocycles. The van der Waals surface area contributed by atoms with E-state index in [2.05, 4.69) is 10.4 Å². The lowest BCUT2D eigenvalue weighted by Crippen LogP contribution is -2.43. The van der Waals surface area contributed by atoms with Gasteiger partial charge in [-0.1, -0.05) is 30.3 Å². The second-order valence-corrected chi connectivity index (χ2v) is 7.20. The molecule has 0 radical (unpaired) electrons. The van der Waals surface area contributed by atoms with Crippen LogP contribution in [0.4, 0.5) is 13.2 Å². The number of carbonyl (C=O) groups is 1. The molecule has 1 saturated heterocycles. The number of rotatable bonds is 6. The number of nitrogens with one attached hydrogen (secondary N) is 1. The molecule has 0 spiro atoms. The van der Waals surface area contributed by atoms with Gasteiger partial charge in [-0.2, -0.15) is 13.2 Å². The molecule has 0 atom stereocenters. The molecular weight excluding hydrogens is 387 g/mol. The van der Waals surface area contributed by atoms with Gasteiger partial charge in [0.25, 0.3) is 0 Å². The third-order valence-corrected chi connectivity index (χ3v) is 5.11. The highest BCUT2D eigenvalue weighted by molar-refractivity contribution is 5.78. The lowest BCUT2D eigenvalue weighted by atomic mass is 10.1. The Morgan fingerprint density at radius 1 is 1.21 bits per heavy atom. The van der Waals surface area contributed by atoms with Crippen LogP contribution in [0.15, 0.2) is 35.1 Å². The van der Waals surface area contributed by atoms with E-state index in [1.54, 1.807) is 0 Å². The second kappa shape index (κ2) is 8.81. The van der Waals surface area contributed by atoms with Crippen LogP contribution < -0.4 is 11.0 Å². The molecule has 2 aromatic rings. The molecule has 1 aliphatic rings. The molecule has 0 unspecified atom stereocenters. The largest absolute Gasteiger partial charge is 0.451 e. The molecule has 1 N–H and O–H groups in total. The summed E-state index contributed by atoms with van der Waals surface area (Å²) in [6.07, 6.45) is -2.99. The van der Waals surface area contributed by atoms with E-state index < -0.39 is 23.7 Å². The first-order chi connectivity index (χ1) is 13.8. The van der Waals surface area contributed by atoms with E-state index in [1.807, 2.05) is 35.2 Å². The quantitative estimate of drug-likeness (QED) is 0.784. The van der Waals surface area contributed by atoms with Crippen molar-refractivity contribution in [3.63, 3.8) is 0 Å². The molecule has 1 aliphatic heterocycles. The van der Waals surface area contributed by atoms with Gasteiger partial charge < -0.3 is 5.32 Å². The molecule has 2 heterocycles. The van der Waals surface area contributed by atoms with Crippen molar-refractivity contribution in [3.8, 4) is 0 Å². The summed E-state index contributed by atoms with van der Waals surface area (Å²) in [5.74, 6) is -1.28. The van der Waals surface area contributed by atoms with Crippen molar-refractivity contribution in [3.05, 3.63) is 52.2 Å². The molecule has 1 fully saturated rings. The van der Waals surface area contributed by atoms with Crippen molar-refractivity contribution in [1.82, 2.24) is 24.6 Å². The van der Waals surface area contributed by atoms with Gasteiger partial charge in [-0.3, -0.25) is 14.3 Å². The van der Waals surface area contributed by atoms with Crippen molar-refractivity contribution in [2.75, 3.05) is 26.2 Å². The Morgan fingerprint density at radius 3 is 2.45 bits per heavy atom. The fourth-order valence-electron chi connectivity index (χ4n) is 3.51. The zero-order valence-electron chi connectivity index (χ0n) is 16.2. The van der Waals surface area contributed by atoms with Crippen LogP contribution in [0.25, 0.3) is 0 Å². The lowest BCUT2D eigenvalue weighted by molar-refractivity contribution is -0.147. The molecule has 158 valence electrons. The second-order valence-electron chi connectivity index (χ2n) is 7.20. The maximum atomic E-state index is 12.9. The summed E-state index contributed by atoms with van der Waals surface area (Å²) in [6, 6.07) is 9.44. The Morgan fingerprint density at radius 2 is 1.86 bits per heavy atom. The van der Waals surface area contributed by atoms with Crippen LogP contribution in [0.5, 0.6) is 0 Å². The Bertz CT molecular complexity index is 883. The molecule has 7 nitrogen and oxygen atoms in total. The lowest BCUT2D eigenvalue weighted by Gasteiger charge is -2.31. The zero-order valence-corrected chi connectivity index (χ0v) is 16.2. The van der Waals surface area contributed by atoms with E-state index in [-0.39, 0.29) is 12.5 Å². The SMILES string of the molecule is Cn1c(C(F)(F)F)nn(C2CCN(CC(=O)NCCc3ccccc3)CC2)c1=O. The van der Waals surface area contributed by atoms with Gasteiger partial charge in [-0.05, 0) is 24.8 Å². The maximum absolute atomic E-state index is 12.9. The van der Waals surface area contributed by atoms with Gasteiger partial charge in [0.05, 0.1) is 12.6 Å². The van der Waals surface area contributed by atoms with Crippen molar-refractivity contribution in [2.24, 2.45) is 7.05 Å². The van der Waals surface area contributed by atoms with Crippen molar-refractivity contribution in [1.29, 1.82) is 0 Å². The smallest absolute Gasteiger partial charge is 0.355 e. The minimum absolute atomic E-state index is 0.0891. The highest BCUT2D eigenvalue weighted by Gasteiger charge is 2.39. The number of hydrogen-bond donors (Lipinski definition) is 1. The summed E-state index contributed by atoms with van der Waals surface area (Å²) >= 11 is 0.